The predicted molar refractivity (Wildman–Crippen MR) is 126 cm³/mol. The maximum absolute atomic E-state index is 12.5. The number of benzene rings is 1. The van der Waals surface area contributed by atoms with Crippen LogP contribution in [-0.2, 0) is 31.0 Å². The fourth-order valence-corrected chi connectivity index (χ4v) is 4.97. The number of hydrogen-bond acceptors (Lipinski definition) is 7. The third kappa shape index (κ3) is 7.90. The minimum absolute atomic E-state index is 0.0166. The summed E-state index contributed by atoms with van der Waals surface area (Å²) >= 11 is 0. The normalized spacial score (nSPS) is 22.4. The zero-order chi connectivity index (χ0) is 27.1. The topological polar surface area (TPSA) is 137 Å². The van der Waals surface area contributed by atoms with Crippen LogP contribution in [0, 0.1) is 0 Å². The molecule has 0 aliphatic carbocycles. The monoisotopic (exact) mass is 536 g/mol. The number of hydrogen-bond donors (Lipinski definition) is 3. The fourth-order valence-electron chi connectivity index (χ4n) is 3.80. The van der Waals surface area contributed by atoms with E-state index < -0.39 is 27.8 Å². The minimum atomic E-state index is -5.08. The standard InChI is InChI=1S/C20H30N4O4S.C2HF3O2/c1-4-29(26,27)24-11-10-18(21-13-16-8-6-5-7-9-16)20(14-24)12-17(23-28-20)19(25)22-15(2)3;3-2(4,5)1(6)7/h5-9,15,18,21H,4,10-14H2,1-3H3,(H,22,25);(H,6,7). The van der Waals surface area contributed by atoms with Gasteiger partial charge in [0.25, 0.3) is 5.91 Å². The molecule has 1 saturated heterocycles. The van der Waals surface area contributed by atoms with E-state index in [1.54, 1.807) is 6.92 Å². The van der Waals surface area contributed by atoms with Crippen molar-refractivity contribution in [3.05, 3.63) is 35.9 Å². The molecule has 0 aromatic heterocycles. The van der Waals surface area contributed by atoms with E-state index in [2.05, 4.69) is 15.8 Å². The zero-order valence-corrected chi connectivity index (χ0v) is 21.0. The average molecular weight is 537 g/mol. The SMILES string of the molecule is CCS(=O)(=O)N1CCC(NCc2ccccc2)C2(CC(C(=O)NC(C)C)=NO2)C1.O=C(O)C(F)(F)F. The van der Waals surface area contributed by atoms with E-state index in [1.807, 2.05) is 44.2 Å². The third-order valence-electron chi connectivity index (χ3n) is 5.63. The lowest BCUT2D eigenvalue weighted by Crippen LogP contribution is -2.63. The van der Waals surface area contributed by atoms with Crippen molar-refractivity contribution in [3.8, 4) is 0 Å². The average Bonchev–Trinajstić information content (AvgIpc) is 3.22. The molecule has 10 nitrogen and oxygen atoms in total. The number of alkyl halides is 3. The van der Waals surface area contributed by atoms with Crippen LogP contribution in [0.3, 0.4) is 0 Å². The van der Waals surface area contributed by atoms with Gasteiger partial charge in [-0.15, -0.1) is 0 Å². The highest BCUT2D eigenvalue weighted by atomic mass is 32.2. The summed E-state index contributed by atoms with van der Waals surface area (Å²) in [7, 11) is -3.36. The molecule has 36 heavy (non-hydrogen) atoms. The number of carbonyl (C=O) groups is 2. The molecular formula is C22H31F3N4O6S. The Labute approximate surface area is 207 Å². The van der Waals surface area contributed by atoms with Crippen molar-refractivity contribution < 1.29 is 41.1 Å². The van der Waals surface area contributed by atoms with Crippen molar-refractivity contribution >= 4 is 27.6 Å². The number of halogens is 3. The lowest BCUT2D eigenvalue weighted by Gasteiger charge is -2.43. The Balaban J connectivity index is 0.000000572. The van der Waals surface area contributed by atoms with Crippen LogP contribution >= 0.6 is 0 Å². The van der Waals surface area contributed by atoms with Crippen LogP contribution in [0.2, 0.25) is 0 Å². The number of amides is 1. The lowest BCUT2D eigenvalue weighted by atomic mass is 9.84. The van der Waals surface area contributed by atoms with Gasteiger partial charge in [0.1, 0.15) is 5.71 Å². The van der Waals surface area contributed by atoms with Gasteiger partial charge in [0, 0.05) is 25.6 Å². The second kappa shape index (κ2) is 12.0. The number of oxime groups is 1. The molecule has 1 fully saturated rings. The predicted octanol–water partition coefficient (Wildman–Crippen LogP) is 1.87. The molecular weight excluding hydrogens is 505 g/mol. The van der Waals surface area contributed by atoms with Crippen LogP contribution < -0.4 is 10.6 Å². The van der Waals surface area contributed by atoms with Crippen LogP contribution in [0.5, 0.6) is 0 Å². The minimum Gasteiger partial charge on any atom is -0.475 e. The van der Waals surface area contributed by atoms with Gasteiger partial charge in [-0.3, -0.25) is 4.79 Å². The molecule has 2 atom stereocenters. The Morgan fingerprint density at radius 3 is 2.42 bits per heavy atom. The highest BCUT2D eigenvalue weighted by Gasteiger charge is 2.52. The molecule has 1 aromatic rings. The highest BCUT2D eigenvalue weighted by Crippen LogP contribution is 2.35. The molecule has 202 valence electrons. The number of carboxylic acids is 1. The largest absolute Gasteiger partial charge is 0.490 e. The van der Waals surface area contributed by atoms with E-state index in [9.17, 15) is 26.4 Å². The summed E-state index contributed by atoms with van der Waals surface area (Å²) in [6.45, 7) is 6.62. The van der Waals surface area contributed by atoms with E-state index >= 15 is 0 Å². The second-order valence-corrected chi connectivity index (χ2v) is 11.0. The summed E-state index contributed by atoms with van der Waals surface area (Å²) in [5, 5.41) is 17.5. The molecule has 14 heteroatoms. The van der Waals surface area contributed by atoms with Crippen molar-refractivity contribution in [3.63, 3.8) is 0 Å². The first kappa shape index (κ1) is 29.5. The number of nitrogens with zero attached hydrogens (tertiary/aromatic N) is 2. The van der Waals surface area contributed by atoms with Crippen molar-refractivity contribution in [2.24, 2.45) is 5.16 Å². The molecule has 0 saturated carbocycles. The van der Waals surface area contributed by atoms with E-state index in [-0.39, 0.29) is 36.7 Å². The molecule has 1 spiro atoms. The van der Waals surface area contributed by atoms with Gasteiger partial charge < -0.3 is 20.6 Å². The molecule has 1 amide bonds. The number of rotatable bonds is 7. The van der Waals surface area contributed by atoms with E-state index in [0.29, 0.717) is 25.2 Å². The number of nitrogens with one attached hydrogen (secondary N) is 2. The van der Waals surface area contributed by atoms with Gasteiger partial charge in [-0.25, -0.2) is 13.2 Å². The van der Waals surface area contributed by atoms with Crippen LogP contribution in [0.1, 0.15) is 39.2 Å². The number of piperidine rings is 1. The summed E-state index contributed by atoms with van der Waals surface area (Å²) in [6.07, 6.45) is -4.23. The molecule has 2 aliphatic heterocycles. The maximum atomic E-state index is 12.5. The molecule has 2 unspecified atom stereocenters. The van der Waals surface area contributed by atoms with E-state index in [1.165, 1.54) is 4.31 Å². The quantitative estimate of drug-likeness (QED) is 0.484. The molecule has 1 aromatic carbocycles. The Morgan fingerprint density at radius 1 is 1.28 bits per heavy atom. The first-order chi connectivity index (χ1) is 16.7. The first-order valence-corrected chi connectivity index (χ1v) is 12.9. The van der Waals surface area contributed by atoms with Gasteiger partial charge in [-0.05, 0) is 32.8 Å². The van der Waals surface area contributed by atoms with Crippen molar-refractivity contribution in [2.45, 2.75) is 64.0 Å². The summed E-state index contributed by atoms with van der Waals surface area (Å²) in [4.78, 5) is 27.2. The lowest BCUT2D eigenvalue weighted by molar-refractivity contribution is -0.192. The van der Waals surface area contributed by atoms with Gasteiger partial charge in [-0.1, -0.05) is 35.5 Å². The third-order valence-corrected chi connectivity index (χ3v) is 7.46. The van der Waals surface area contributed by atoms with E-state index in [4.69, 9.17) is 14.7 Å². The Kier molecular flexibility index (Phi) is 9.85. The van der Waals surface area contributed by atoms with Gasteiger partial charge in [0.15, 0.2) is 5.60 Å². The number of carbonyl (C=O) groups excluding carboxylic acids is 1. The molecule has 2 heterocycles. The summed E-state index contributed by atoms with van der Waals surface area (Å²) in [5.41, 5.74) is 0.544. The first-order valence-electron chi connectivity index (χ1n) is 11.3. The van der Waals surface area contributed by atoms with Gasteiger partial charge in [-0.2, -0.15) is 17.5 Å². The fraction of sp³-hybridized carbons (Fsp3) is 0.591. The van der Waals surface area contributed by atoms with Crippen LogP contribution in [-0.4, -0.2) is 78.1 Å². The van der Waals surface area contributed by atoms with Gasteiger partial charge in [0.2, 0.25) is 10.0 Å². The number of sulfonamides is 1. The zero-order valence-electron chi connectivity index (χ0n) is 20.2. The number of carboxylic acid groups (broad SMARTS) is 1. The Hall–Kier alpha value is -2.71. The molecule has 2 aliphatic rings. The van der Waals surface area contributed by atoms with Crippen LogP contribution in [0.25, 0.3) is 0 Å². The molecule has 0 radical (unpaired) electrons. The molecule has 3 N–H and O–H groups in total. The molecule has 0 bridgehead atoms. The van der Waals surface area contributed by atoms with Crippen LogP contribution in [0.4, 0.5) is 13.2 Å². The highest BCUT2D eigenvalue weighted by molar-refractivity contribution is 7.89. The van der Waals surface area contributed by atoms with Crippen molar-refractivity contribution in [2.75, 3.05) is 18.8 Å². The van der Waals surface area contributed by atoms with Gasteiger partial charge in [0.05, 0.1) is 18.3 Å². The summed E-state index contributed by atoms with van der Waals surface area (Å²) in [5.74, 6) is -2.99. The van der Waals surface area contributed by atoms with Crippen molar-refractivity contribution in [1.82, 2.24) is 14.9 Å². The Bertz CT molecular complexity index is 1050. The summed E-state index contributed by atoms with van der Waals surface area (Å²) in [6, 6.07) is 9.84. The van der Waals surface area contributed by atoms with Crippen molar-refractivity contribution in [1.29, 1.82) is 0 Å². The number of aliphatic carboxylic acids is 1. The summed E-state index contributed by atoms with van der Waals surface area (Å²) < 4.78 is 58.2. The second-order valence-electron chi connectivity index (χ2n) is 8.74. The Morgan fingerprint density at radius 2 is 1.89 bits per heavy atom. The van der Waals surface area contributed by atoms with Crippen LogP contribution in [0.15, 0.2) is 35.5 Å². The van der Waals surface area contributed by atoms with Gasteiger partial charge >= 0.3 is 12.1 Å². The maximum Gasteiger partial charge on any atom is 0.490 e. The smallest absolute Gasteiger partial charge is 0.475 e. The molecule has 3 rings (SSSR count). The van der Waals surface area contributed by atoms with E-state index in [0.717, 1.165) is 5.56 Å².